The summed E-state index contributed by atoms with van der Waals surface area (Å²) >= 11 is 0. The Hall–Kier alpha value is -2.04. The number of carbonyl (C=O) groups excluding carboxylic acids is 1. The molecule has 2 N–H and O–H groups in total. The molecular weight excluding hydrogens is 270 g/mol. The molecule has 5 nitrogen and oxygen atoms in total. The maximum absolute atomic E-state index is 12.6. The zero-order chi connectivity index (χ0) is 15.6. The number of hydrogen-bond donors (Lipinski definition) is 2. The van der Waals surface area contributed by atoms with Gasteiger partial charge in [-0.1, -0.05) is 19.9 Å². The third kappa shape index (κ3) is 3.35. The van der Waals surface area contributed by atoms with Crippen molar-refractivity contribution in [2.45, 2.75) is 26.7 Å². The van der Waals surface area contributed by atoms with Gasteiger partial charge in [-0.25, -0.2) is 0 Å². The van der Waals surface area contributed by atoms with Crippen LogP contribution in [0.1, 0.15) is 36.2 Å². The number of aliphatic carboxylic acids is 1. The quantitative estimate of drug-likeness (QED) is 0.894. The van der Waals surface area contributed by atoms with E-state index in [0.717, 1.165) is 12.0 Å². The number of carboxylic acids is 1. The summed E-state index contributed by atoms with van der Waals surface area (Å²) in [6, 6.07) is 4.99. The molecule has 1 saturated heterocycles. The van der Waals surface area contributed by atoms with E-state index in [1.165, 1.54) is 6.07 Å². The van der Waals surface area contributed by atoms with Crippen molar-refractivity contribution in [3.8, 4) is 5.75 Å². The molecule has 2 atom stereocenters. The molecule has 2 unspecified atom stereocenters. The highest BCUT2D eigenvalue weighted by Crippen LogP contribution is 2.26. The second-order valence-corrected chi connectivity index (χ2v) is 5.79. The van der Waals surface area contributed by atoms with E-state index in [9.17, 15) is 19.8 Å². The van der Waals surface area contributed by atoms with Gasteiger partial charge in [0.25, 0.3) is 5.91 Å². The van der Waals surface area contributed by atoms with E-state index in [4.69, 9.17) is 0 Å². The number of piperidine rings is 1. The predicted molar refractivity (Wildman–Crippen MR) is 78.3 cm³/mol. The Bertz CT molecular complexity index is 555. The van der Waals surface area contributed by atoms with Gasteiger partial charge in [-0.15, -0.1) is 0 Å². The Morgan fingerprint density at radius 3 is 2.67 bits per heavy atom. The Balaban J connectivity index is 2.24. The molecule has 5 heteroatoms. The minimum Gasteiger partial charge on any atom is -0.507 e. The van der Waals surface area contributed by atoms with Crippen LogP contribution >= 0.6 is 0 Å². The first-order chi connectivity index (χ1) is 9.92. The molecule has 0 saturated carbocycles. The highest BCUT2D eigenvalue weighted by atomic mass is 16.4. The second kappa shape index (κ2) is 6.16. The molecule has 0 radical (unpaired) electrons. The van der Waals surface area contributed by atoms with E-state index >= 15 is 0 Å². The normalized spacial score (nSPS) is 22.1. The lowest BCUT2D eigenvalue weighted by Gasteiger charge is -2.34. The fourth-order valence-electron chi connectivity index (χ4n) is 2.84. The predicted octanol–water partition coefficient (Wildman–Crippen LogP) is 2.14. The Kier molecular flexibility index (Phi) is 4.50. The molecule has 2 rings (SSSR count). The molecule has 0 aliphatic carbocycles. The molecule has 1 amide bonds. The fourth-order valence-corrected chi connectivity index (χ4v) is 2.84. The second-order valence-electron chi connectivity index (χ2n) is 5.79. The van der Waals surface area contributed by atoms with Crippen LogP contribution in [0.5, 0.6) is 5.75 Å². The molecule has 1 aromatic rings. The van der Waals surface area contributed by atoms with Crippen LogP contribution in [0.15, 0.2) is 18.2 Å². The van der Waals surface area contributed by atoms with Crippen molar-refractivity contribution >= 4 is 11.9 Å². The van der Waals surface area contributed by atoms with Gasteiger partial charge in [0, 0.05) is 13.1 Å². The first kappa shape index (κ1) is 15.4. The minimum atomic E-state index is -0.870. The van der Waals surface area contributed by atoms with E-state index in [-0.39, 0.29) is 29.7 Å². The Morgan fingerprint density at radius 1 is 1.33 bits per heavy atom. The van der Waals surface area contributed by atoms with Gasteiger partial charge in [0.1, 0.15) is 5.75 Å². The number of amides is 1. The zero-order valence-corrected chi connectivity index (χ0v) is 12.4. The molecule has 1 aromatic carbocycles. The number of nitrogens with zero attached hydrogens (tertiary/aromatic N) is 1. The lowest BCUT2D eigenvalue weighted by atomic mass is 9.90. The van der Waals surface area contributed by atoms with Crippen molar-refractivity contribution in [2.75, 3.05) is 13.1 Å². The third-order valence-electron chi connectivity index (χ3n) is 4.00. The molecule has 114 valence electrons. The standard InChI is InChI=1S/C16H21NO4/c1-3-11-4-5-14(18)13(7-11)15(19)17-8-10(2)6-12(9-17)16(20)21/h4-5,7,10,12,18H,3,6,8-9H2,1-2H3,(H,20,21). The van der Waals surface area contributed by atoms with E-state index in [0.29, 0.717) is 13.0 Å². The lowest BCUT2D eigenvalue weighted by molar-refractivity contribution is -0.143. The highest BCUT2D eigenvalue weighted by Gasteiger charge is 2.33. The molecule has 0 aromatic heterocycles. The van der Waals surface area contributed by atoms with E-state index in [1.54, 1.807) is 17.0 Å². The van der Waals surface area contributed by atoms with Crippen molar-refractivity contribution in [1.82, 2.24) is 4.90 Å². The summed E-state index contributed by atoms with van der Waals surface area (Å²) < 4.78 is 0. The van der Waals surface area contributed by atoms with Crippen molar-refractivity contribution in [2.24, 2.45) is 11.8 Å². The van der Waals surface area contributed by atoms with Gasteiger partial charge in [-0.3, -0.25) is 9.59 Å². The van der Waals surface area contributed by atoms with Crippen LogP contribution in [-0.4, -0.2) is 40.1 Å². The molecule has 21 heavy (non-hydrogen) atoms. The van der Waals surface area contributed by atoms with Gasteiger partial charge < -0.3 is 15.1 Å². The monoisotopic (exact) mass is 291 g/mol. The SMILES string of the molecule is CCc1ccc(O)c(C(=O)N2CC(C)CC(C(=O)O)C2)c1. The number of hydrogen-bond acceptors (Lipinski definition) is 3. The van der Waals surface area contributed by atoms with Gasteiger partial charge in [-0.05, 0) is 36.5 Å². The molecule has 0 spiro atoms. The highest BCUT2D eigenvalue weighted by molar-refractivity contribution is 5.97. The van der Waals surface area contributed by atoms with E-state index < -0.39 is 11.9 Å². The van der Waals surface area contributed by atoms with Gasteiger partial charge in [0.2, 0.25) is 0 Å². The van der Waals surface area contributed by atoms with Crippen LogP contribution in [0.2, 0.25) is 0 Å². The average Bonchev–Trinajstić information content (AvgIpc) is 2.46. The maximum atomic E-state index is 12.6. The summed E-state index contributed by atoms with van der Waals surface area (Å²) in [6.45, 7) is 4.65. The zero-order valence-electron chi connectivity index (χ0n) is 12.4. The molecule has 1 aliphatic heterocycles. The van der Waals surface area contributed by atoms with Crippen LogP contribution in [0.25, 0.3) is 0 Å². The fraction of sp³-hybridized carbons (Fsp3) is 0.500. The smallest absolute Gasteiger partial charge is 0.308 e. The van der Waals surface area contributed by atoms with Gasteiger partial charge >= 0.3 is 5.97 Å². The lowest BCUT2D eigenvalue weighted by Crippen LogP contribution is -2.45. The topological polar surface area (TPSA) is 77.8 Å². The van der Waals surface area contributed by atoms with Crippen LogP contribution < -0.4 is 0 Å². The number of carbonyl (C=O) groups is 2. The summed E-state index contributed by atoms with van der Waals surface area (Å²) in [5.41, 5.74) is 1.23. The Morgan fingerprint density at radius 2 is 2.05 bits per heavy atom. The number of phenolic OH excluding ortho intramolecular Hbond substituents is 1. The molecule has 1 aliphatic rings. The first-order valence-corrected chi connectivity index (χ1v) is 7.26. The van der Waals surface area contributed by atoms with Crippen molar-refractivity contribution in [3.05, 3.63) is 29.3 Å². The van der Waals surface area contributed by atoms with Crippen LogP contribution in [0.3, 0.4) is 0 Å². The Labute approximate surface area is 124 Å². The summed E-state index contributed by atoms with van der Waals surface area (Å²) in [6.07, 6.45) is 1.36. The van der Waals surface area contributed by atoms with Crippen LogP contribution in [0.4, 0.5) is 0 Å². The molecule has 0 bridgehead atoms. The molecule has 1 heterocycles. The number of likely N-dealkylation sites (tertiary alicyclic amines) is 1. The van der Waals surface area contributed by atoms with Crippen LogP contribution in [0, 0.1) is 11.8 Å². The van der Waals surface area contributed by atoms with Gasteiger partial charge in [-0.2, -0.15) is 0 Å². The summed E-state index contributed by atoms with van der Waals surface area (Å²) in [7, 11) is 0. The number of phenols is 1. The third-order valence-corrected chi connectivity index (χ3v) is 4.00. The van der Waals surface area contributed by atoms with Crippen LogP contribution in [-0.2, 0) is 11.2 Å². The largest absolute Gasteiger partial charge is 0.507 e. The van der Waals surface area contributed by atoms with Crippen molar-refractivity contribution in [3.63, 3.8) is 0 Å². The minimum absolute atomic E-state index is 0.0534. The number of carboxylic acid groups (broad SMARTS) is 1. The van der Waals surface area contributed by atoms with Crippen molar-refractivity contribution < 1.29 is 19.8 Å². The number of rotatable bonds is 3. The summed E-state index contributed by atoms with van der Waals surface area (Å²) in [5.74, 6) is -1.61. The van der Waals surface area contributed by atoms with E-state index in [1.807, 2.05) is 13.8 Å². The number of aryl methyl sites for hydroxylation is 1. The van der Waals surface area contributed by atoms with Gasteiger partial charge in [0.05, 0.1) is 11.5 Å². The van der Waals surface area contributed by atoms with Gasteiger partial charge in [0.15, 0.2) is 0 Å². The molecular formula is C16H21NO4. The van der Waals surface area contributed by atoms with Crippen molar-refractivity contribution in [1.29, 1.82) is 0 Å². The number of aromatic hydroxyl groups is 1. The number of benzene rings is 1. The summed E-state index contributed by atoms with van der Waals surface area (Å²) in [5, 5.41) is 19.1. The summed E-state index contributed by atoms with van der Waals surface area (Å²) in [4.78, 5) is 25.3. The average molecular weight is 291 g/mol. The first-order valence-electron chi connectivity index (χ1n) is 7.26. The maximum Gasteiger partial charge on any atom is 0.308 e. The van der Waals surface area contributed by atoms with E-state index in [2.05, 4.69) is 0 Å². The molecule has 1 fully saturated rings.